The summed E-state index contributed by atoms with van der Waals surface area (Å²) >= 11 is 4.96. The maximum Gasteiger partial charge on any atom is 0.126 e. The first-order valence-corrected chi connectivity index (χ1v) is 6.86. The van der Waals surface area contributed by atoms with Crippen LogP contribution in [0.1, 0.15) is 0 Å². The van der Waals surface area contributed by atoms with Gasteiger partial charge in [0.25, 0.3) is 0 Å². The molecule has 0 radical (unpaired) electrons. The van der Waals surface area contributed by atoms with E-state index in [9.17, 15) is 4.39 Å². The molecule has 2 nitrogen and oxygen atoms in total. The molecule has 0 saturated carbocycles. The Morgan fingerprint density at radius 2 is 2.00 bits per heavy atom. The van der Waals surface area contributed by atoms with Gasteiger partial charge in [-0.2, -0.15) is 0 Å². The van der Waals surface area contributed by atoms with Crippen LogP contribution in [0.15, 0.2) is 40.9 Å². The fourth-order valence-electron chi connectivity index (χ4n) is 1.74. The van der Waals surface area contributed by atoms with Crippen molar-refractivity contribution in [3.63, 3.8) is 0 Å². The third kappa shape index (κ3) is 2.00. The second kappa shape index (κ2) is 4.33. The number of nitrogens with zero attached hydrogens (tertiary/aromatic N) is 1. The number of aromatic nitrogens is 1. The molecule has 0 spiro atoms. The molecule has 0 bridgehead atoms. The number of rotatable bonds is 1. The zero-order valence-corrected chi connectivity index (χ0v) is 11.6. The molecule has 2 N–H and O–H groups in total. The zero-order chi connectivity index (χ0) is 12.7. The highest BCUT2D eigenvalue weighted by Gasteiger charge is 2.10. The molecule has 1 aromatic heterocycles. The lowest BCUT2D eigenvalue weighted by Crippen LogP contribution is -1.90. The number of nitrogens with two attached hydrogens (primary N) is 1. The number of hydrogen-bond acceptors (Lipinski definition) is 3. The summed E-state index contributed by atoms with van der Waals surface area (Å²) in [6.07, 6.45) is 0. The summed E-state index contributed by atoms with van der Waals surface area (Å²) < 4.78 is 15.1. The molecule has 0 saturated heterocycles. The summed E-state index contributed by atoms with van der Waals surface area (Å²) in [7, 11) is 0. The van der Waals surface area contributed by atoms with Gasteiger partial charge < -0.3 is 5.73 Å². The fraction of sp³-hybridized carbons (Fsp3) is 0. The van der Waals surface area contributed by atoms with Gasteiger partial charge >= 0.3 is 0 Å². The number of hydrogen-bond donors (Lipinski definition) is 1. The van der Waals surface area contributed by atoms with E-state index < -0.39 is 0 Å². The summed E-state index contributed by atoms with van der Waals surface area (Å²) in [5, 5.41) is 0.806. The van der Waals surface area contributed by atoms with Crippen LogP contribution in [0.2, 0.25) is 0 Å². The van der Waals surface area contributed by atoms with Gasteiger partial charge in [0.1, 0.15) is 10.8 Å². The van der Waals surface area contributed by atoms with E-state index in [4.69, 9.17) is 5.73 Å². The van der Waals surface area contributed by atoms with E-state index in [0.29, 0.717) is 5.69 Å². The average Bonchev–Trinajstić information content (AvgIpc) is 2.71. The van der Waals surface area contributed by atoms with Crippen molar-refractivity contribution < 1.29 is 4.39 Å². The minimum atomic E-state index is -0.333. The lowest BCUT2D eigenvalue weighted by molar-refractivity contribution is 0.628. The predicted molar refractivity (Wildman–Crippen MR) is 77.1 cm³/mol. The second-order valence-corrected chi connectivity index (χ2v) is 5.81. The topological polar surface area (TPSA) is 38.9 Å². The zero-order valence-electron chi connectivity index (χ0n) is 9.15. The van der Waals surface area contributed by atoms with E-state index in [2.05, 4.69) is 20.9 Å². The Hall–Kier alpha value is -1.46. The maximum atomic E-state index is 13.0. The Labute approximate surface area is 115 Å². The molecular formula is C13H8BrFN2S. The number of thiazole rings is 1. The maximum absolute atomic E-state index is 13.0. The van der Waals surface area contributed by atoms with Crippen molar-refractivity contribution in [2.45, 2.75) is 0 Å². The number of halogens is 2. The van der Waals surface area contributed by atoms with Crippen molar-refractivity contribution in [1.82, 2.24) is 4.98 Å². The molecule has 0 aliphatic carbocycles. The van der Waals surface area contributed by atoms with E-state index in [1.54, 1.807) is 17.4 Å². The van der Waals surface area contributed by atoms with Crippen molar-refractivity contribution >= 4 is 43.2 Å². The highest BCUT2D eigenvalue weighted by atomic mass is 79.9. The van der Waals surface area contributed by atoms with E-state index in [-0.39, 0.29) is 5.82 Å². The van der Waals surface area contributed by atoms with Gasteiger partial charge in [0.15, 0.2) is 0 Å². The normalized spacial score (nSPS) is 11.0. The highest BCUT2D eigenvalue weighted by molar-refractivity contribution is 9.10. The molecule has 1 heterocycles. The number of anilines is 1. The van der Waals surface area contributed by atoms with E-state index >= 15 is 0 Å². The molecule has 0 aliphatic heterocycles. The Morgan fingerprint density at radius 3 is 2.78 bits per heavy atom. The quantitative estimate of drug-likeness (QED) is 0.672. The lowest BCUT2D eigenvalue weighted by Gasteiger charge is -2.00. The molecule has 0 atom stereocenters. The second-order valence-electron chi connectivity index (χ2n) is 3.86. The molecule has 0 amide bonds. The molecule has 3 rings (SSSR count). The highest BCUT2D eigenvalue weighted by Crippen LogP contribution is 2.34. The van der Waals surface area contributed by atoms with Crippen molar-refractivity contribution in [1.29, 1.82) is 0 Å². The molecular weight excluding hydrogens is 315 g/mol. The summed E-state index contributed by atoms with van der Waals surface area (Å²) in [5.41, 5.74) is 7.92. The van der Waals surface area contributed by atoms with Crippen LogP contribution < -0.4 is 5.73 Å². The Kier molecular flexibility index (Phi) is 2.80. The third-order valence-electron chi connectivity index (χ3n) is 2.59. The van der Waals surface area contributed by atoms with Crippen LogP contribution in [0.25, 0.3) is 20.8 Å². The van der Waals surface area contributed by atoms with Crippen LogP contribution in [-0.4, -0.2) is 4.98 Å². The van der Waals surface area contributed by atoms with Crippen LogP contribution in [0.3, 0.4) is 0 Å². The van der Waals surface area contributed by atoms with Gasteiger partial charge in [0, 0.05) is 15.7 Å². The van der Waals surface area contributed by atoms with Gasteiger partial charge in [-0.25, -0.2) is 9.37 Å². The first kappa shape index (κ1) is 11.6. The molecule has 5 heteroatoms. The minimum absolute atomic E-state index is 0.333. The Morgan fingerprint density at radius 1 is 1.17 bits per heavy atom. The Balaban J connectivity index is 2.19. The predicted octanol–water partition coefficient (Wildman–Crippen LogP) is 4.45. The van der Waals surface area contributed by atoms with E-state index in [0.717, 1.165) is 25.3 Å². The van der Waals surface area contributed by atoms with Gasteiger partial charge in [-0.1, -0.05) is 15.9 Å². The van der Waals surface area contributed by atoms with Gasteiger partial charge in [-0.15, -0.1) is 11.3 Å². The summed E-state index contributed by atoms with van der Waals surface area (Å²) in [5.74, 6) is -0.333. The van der Waals surface area contributed by atoms with E-state index in [1.807, 2.05) is 18.2 Å². The SMILES string of the molecule is Nc1cc(F)ccc1-c1nc2cc(Br)ccc2s1. The van der Waals surface area contributed by atoms with Crippen LogP contribution in [-0.2, 0) is 0 Å². The Bertz CT molecular complexity index is 739. The average molecular weight is 323 g/mol. The van der Waals surface area contributed by atoms with Gasteiger partial charge in [0.05, 0.1) is 10.2 Å². The molecule has 0 aliphatic rings. The molecule has 90 valence electrons. The van der Waals surface area contributed by atoms with Crippen LogP contribution >= 0.6 is 27.3 Å². The molecule has 2 aromatic carbocycles. The first-order chi connectivity index (χ1) is 8.63. The van der Waals surface area contributed by atoms with Gasteiger partial charge in [0.2, 0.25) is 0 Å². The van der Waals surface area contributed by atoms with Crippen LogP contribution in [0.5, 0.6) is 0 Å². The third-order valence-corrected chi connectivity index (χ3v) is 4.16. The summed E-state index contributed by atoms with van der Waals surface area (Å²) in [6.45, 7) is 0. The lowest BCUT2D eigenvalue weighted by atomic mass is 10.2. The molecule has 0 unspecified atom stereocenters. The fourth-order valence-corrected chi connectivity index (χ4v) is 3.09. The van der Waals surface area contributed by atoms with Crippen LogP contribution in [0, 0.1) is 5.82 Å². The standard InChI is InChI=1S/C13H8BrFN2S/c14-7-1-4-12-11(5-7)17-13(18-12)9-3-2-8(15)6-10(9)16/h1-6H,16H2. The summed E-state index contributed by atoms with van der Waals surface area (Å²) in [4.78, 5) is 4.52. The van der Waals surface area contributed by atoms with Crippen molar-refractivity contribution in [2.75, 3.05) is 5.73 Å². The van der Waals surface area contributed by atoms with E-state index in [1.165, 1.54) is 12.1 Å². The number of fused-ring (bicyclic) bond motifs is 1. The largest absolute Gasteiger partial charge is 0.398 e. The van der Waals surface area contributed by atoms with Gasteiger partial charge in [-0.3, -0.25) is 0 Å². The number of nitrogen functional groups attached to an aromatic ring is 1. The first-order valence-electron chi connectivity index (χ1n) is 5.25. The smallest absolute Gasteiger partial charge is 0.126 e. The summed E-state index contributed by atoms with van der Waals surface area (Å²) in [6, 6.07) is 10.3. The minimum Gasteiger partial charge on any atom is -0.398 e. The van der Waals surface area contributed by atoms with Crippen molar-refractivity contribution in [3.8, 4) is 10.6 Å². The molecule has 3 aromatic rings. The molecule has 0 fully saturated rings. The number of benzene rings is 2. The monoisotopic (exact) mass is 322 g/mol. The van der Waals surface area contributed by atoms with Crippen LogP contribution in [0.4, 0.5) is 10.1 Å². The molecule has 18 heavy (non-hydrogen) atoms. The van der Waals surface area contributed by atoms with Crippen molar-refractivity contribution in [2.24, 2.45) is 0 Å². The van der Waals surface area contributed by atoms with Crippen molar-refractivity contribution in [3.05, 3.63) is 46.7 Å². The van der Waals surface area contributed by atoms with Gasteiger partial charge in [-0.05, 0) is 36.4 Å².